The lowest BCUT2D eigenvalue weighted by molar-refractivity contribution is 0.370. The molecule has 1 saturated heterocycles. The average molecular weight is 146 g/mol. The summed E-state index contributed by atoms with van der Waals surface area (Å²) < 4.78 is 0. The van der Waals surface area contributed by atoms with E-state index in [0.29, 0.717) is 11.4 Å². The molecule has 54 valence electrons. The van der Waals surface area contributed by atoms with Crippen molar-refractivity contribution in [3.63, 3.8) is 0 Å². The molecule has 0 aromatic rings. The fourth-order valence-corrected chi connectivity index (χ4v) is 1.34. The summed E-state index contributed by atoms with van der Waals surface area (Å²) in [5.74, 6) is 0. The second kappa shape index (κ2) is 3.44. The van der Waals surface area contributed by atoms with E-state index in [0.717, 1.165) is 6.54 Å². The van der Waals surface area contributed by atoms with Crippen LogP contribution in [-0.4, -0.2) is 25.0 Å². The molecule has 0 aliphatic carbocycles. The molecule has 2 unspecified atom stereocenters. The van der Waals surface area contributed by atoms with Crippen LogP contribution in [0.4, 0.5) is 0 Å². The van der Waals surface area contributed by atoms with Crippen LogP contribution in [0.5, 0.6) is 0 Å². The summed E-state index contributed by atoms with van der Waals surface area (Å²) >= 11 is 4.35. The van der Waals surface area contributed by atoms with E-state index in [4.69, 9.17) is 0 Å². The maximum atomic E-state index is 4.35. The molecule has 0 bridgehead atoms. The molecule has 0 amide bonds. The Bertz CT molecular complexity index is 79.1. The molecule has 0 aromatic carbocycles. The monoisotopic (exact) mass is 146 g/mol. The maximum absolute atomic E-state index is 4.35. The van der Waals surface area contributed by atoms with Gasteiger partial charge in [0, 0.05) is 11.8 Å². The van der Waals surface area contributed by atoms with Gasteiger partial charge in [0.25, 0.3) is 0 Å². The molecule has 1 aliphatic rings. The highest BCUT2D eigenvalue weighted by Crippen LogP contribution is 2.10. The van der Waals surface area contributed by atoms with Gasteiger partial charge in [-0.05, 0) is 19.9 Å². The summed E-state index contributed by atoms with van der Waals surface area (Å²) in [6.45, 7) is 1.04. The van der Waals surface area contributed by atoms with Crippen LogP contribution in [0.25, 0.3) is 0 Å². The number of thiol groups is 1. The SMILES string of the molecule is CNC1CCC(S)CN1. The Hall–Kier alpha value is 0.270. The number of hydrogen-bond donors (Lipinski definition) is 3. The first-order chi connectivity index (χ1) is 4.33. The fraction of sp³-hybridized carbons (Fsp3) is 1.00. The Balaban J connectivity index is 2.18. The van der Waals surface area contributed by atoms with E-state index in [1.54, 1.807) is 0 Å². The summed E-state index contributed by atoms with van der Waals surface area (Å²) in [5, 5.41) is 7.07. The summed E-state index contributed by atoms with van der Waals surface area (Å²) in [5.41, 5.74) is 0. The molecule has 0 saturated carbocycles. The molecular weight excluding hydrogens is 132 g/mol. The number of rotatable bonds is 1. The van der Waals surface area contributed by atoms with Crippen molar-refractivity contribution in [3.05, 3.63) is 0 Å². The Morgan fingerprint density at radius 2 is 2.33 bits per heavy atom. The minimum atomic E-state index is 0.522. The number of nitrogens with one attached hydrogen (secondary N) is 2. The highest BCUT2D eigenvalue weighted by atomic mass is 32.1. The highest BCUT2D eigenvalue weighted by Gasteiger charge is 2.15. The van der Waals surface area contributed by atoms with Crippen LogP contribution in [0.3, 0.4) is 0 Å². The first-order valence-electron chi connectivity index (χ1n) is 3.41. The Labute approximate surface area is 61.8 Å². The Morgan fingerprint density at radius 3 is 2.78 bits per heavy atom. The van der Waals surface area contributed by atoms with Crippen molar-refractivity contribution in [2.24, 2.45) is 0 Å². The predicted octanol–water partition coefficient (Wildman–Crippen LogP) is 0.214. The summed E-state index contributed by atoms with van der Waals surface area (Å²) in [6.07, 6.45) is 2.94. The molecular formula is C6H14N2S. The van der Waals surface area contributed by atoms with Crippen molar-refractivity contribution in [3.8, 4) is 0 Å². The molecule has 0 spiro atoms. The largest absolute Gasteiger partial charge is 0.305 e. The van der Waals surface area contributed by atoms with Crippen LogP contribution in [0, 0.1) is 0 Å². The van der Waals surface area contributed by atoms with Gasteiger partial charge in [-0.1, -0.05) is 0 Å². The zero-order valence-electron chi connectivity index (χ0n) is 5.72. The molecule has 1 rings (SSSR count). The molecule has 1 heterocycles. The van der Waals surface area contributed by atoms with Gasteiger partial charge in [-0.15, -0.1) is 0 Å². The normalized spacial score (nSPS) is 36.7. The van der Waals surface area contributed by atoms with Crippen molar-refractivity contribution < 1.29 is 0 Å². The molecule has 0 radical (unpaired) electrons. The molecule has 2 atom stereocenters. The quantitative estimate of drug-likeness (QED) is 0.461. The minimum Gasteiger partial charge on any atom is -0.305 e. The molecule has 9 heavy (non-hydrogen) atoms. The van der Waals surface area contributed by atoms with Gasteiger partial charge in [-0.25, -0.2) is 0 Å². The first kappa shape index (κ1) is 7.38. The van der Waals surface area contributed by atoms with E-state index in [9.17, 15) is 0 Å². The number of piperidine rings is 1. The zero-order valence-corrected chi connectivity index (χ0v) is 6.62. The van der Waals surface area contributed by atoms with Crippen molar-refractivity contribution in [2.45, 2.75) is 24.3 Å². The lowest BCUT2D eigenvalue weighted by Gasteiger charge is -2.26. The second-order valence-corrected chi connectivity index (χ2v) is 3.21. The lowest BCUT2D eigenvalue weighted by Crippen LogP contribution is -2.46. The third-order valence-electron chi connectivity index (χ3n) is 1.74. The third-order valence-corrected chi connectivity index (χ3v) is 2.18. The molecule has 1 fully saturated rings. The van der Waals surface area contributed by atoms with E-state index in [1.807, 2.05) is 7.05 Å². The van der Waals surface area contributed by atoms with Crippen molar-refractivity contribution >= 4 is 12.6 Å². The standard InChI is InChI=1S/C6H14N2S/c1-7-6-3-2-5(9)4-8-6/h5-9H,2-4H2,1H3. The Kier molecular flexibility index (Phi) is 2.82. The van der Waals surface area contributed by atoms with Crippen LogP contribution in [0.15, 0.2) is 0 Å². The van der Waals surface area contributed by atoms with Crippen LogP contribution < -0.4 is 10.6 Å². The van der Waals surface area contributed by atoms with Gasteiger partial charge < -0.3 is 10.6 Å². The van der Waals surface area contributed by atoms with Gasteiger partial charge in [-0.3, -0.25) is 0 Å². The molecule has 0 aromatic heterocycles. The topological polar surface area (TPSA) is 24.1 Å². The highest BCUT2D eigenvalue weighted by molar-refractivity contribution is 7.81. The molecule has 2 N–H and O–H groups in total. The first-order valence-corrected chi connectivity index (χ1v) is 3.93. The molecule has 1 aliphatic heterocycles. The van der Waals surface area contributed by atoms with Crippen LogP contribution >= 0.6 is 12.6 Å². The maximum Gasteiger partial charge on any atom is 0.0569 e. The van der Waals surface area contributed by atoms with E-state index in [-0.39, 0.29) is 0 Å². The van der Waals surface area contributed by atoms with Crippen molar-refractivity contribution in [1.82, 2.24) is 10.6 Å². The zero-order chi connectivity index (χ0) is 6.69. The van der Waals surface area contributed by atoms with Crippen molar-refractivity contribution in [2.75, 3.05) is 13.6 Å². The molecule has 2 nitrogen and oxygen atoms in total. The number of hydrogen-bond acceptors (Lipinski definition) is 3. The van der Waals surface area contributed by atoms with Gasteiger partial charge >= 0.3 is 0 Å². The summed E-state index contributed by atoms with van der Waals surface area (Å²) in [4.78, 5) is 0. The fourth-order valence-electron chi connectivity index (χ4n) is 1.09. The van der Waals surface area contributed by atoms with E-state index in [2.05, 4.69) is 23.3 Å². The smallest absolute Gasteiger partial charge is 0.0569 e. The average Bonchev–Trinajstić information content (AvgIpc) is 1.90. The Morgan fingerprint density at radius 1 is 1.56 bits per heavy atom. The summed E-state index contributed by atoms with van der Waals surface area (Å²) in [6, 6.07) is 0. The lowest BCUT2D eigenvalue weighted by atomic mass is 10.1. The molecule has 3 heteroatoms. The van der Waals surface area contributed by atoms with Gasteiger partial charge in [0.2, 0.25) is 0 Å². The van der Waals surface area contributed by atoms with Crippen LogP contribution in [0.2, 0.25) is 0 Å². The van der Waals surface area contributed by atoms with Gasteiger partial charge in [0.05, 0.1) is 6.17 Å². The van der Waals surface area contributed by atoms with E-state index in [1.165, 1.54) is 12.8 Å². The summed E-state index contributed by atoms with van der Waals surface area (Å²) in [7, 11) is 1.98. The minimum absolute atomic E-state index is 0.522. The third kappa shape index (κ3) is 2.16. The van der Waals surface area contributed by atoms with Gasteiger partial charge in [0.1, 0.15) is 0 Å². The second-order valence-electron chi connectivity index (χ2n) is 2.48. The van der Waals surface area contributed by atoms with Crippen LogP contribution in [-0.2, 0) is 0 Å². The van der Waals surface area contributed by atoms with Gasteiger partial charge in [0.15, 0.2) is 0 Å². The van der Waals surface area contributed by atoms with E-state index < -0.39 is 0 Å². The van der Waals surface area contributed by atoms with E-state index >= 15 is 0 Å². The van der Waals surface area contributed by atoms with Crippen molar-refractivity contribution in [1.29, 1.82) is 0 Å². The van der Waals surface area contributed by atoms with Gasteiger partial charge in [-0.2, -0.15) is 12.6 Å². The predicted molar refractivity (Wildman–Crippen MR) is 42.9 cm³/mol. The van der Waals surface area contributed by atoms with Crippen LogP contribution in [0.1, 0.15) is 12.8 Å².